The van der Waals surface area contributed by atoms with Crippen molar-refractivity contribution in [3.05, 3.63) is 75.5 Å². The maximum Gasteiger partial charge on any atom is 0.230 e. The monoisotopic (exact) mass is 455 g/mol. The van der Waals surface area contributed by atoms with Crippen molar-refractivity contribution < 1.29 is 9.53 Å². The minimum Gasteiger partial charge on any atom is -0.373 e. The fourth-order valence-electron chi connectivity index (χ4n) is 4.96. The van der Waals surface area contributed by atoms with Crippen molar-refractivity contribution in [2.45, 2.75) is 44.8 Å². The molecule has 3 aromatic rings. The molecule has 2 fully saturated rings. The van der Waals surface area contributed by atoms with Gasteiger partial charge in [0.05, 0.1) is 39.6 Å². The van der Waals surface area contributed by atoms with Crippen LogP contribution >= 0.6 is 23.2 Å². The zero-order chi connectivity index (χ0) is 21.7. The van der Waals surface area contributed by atoms with E-state index >= 15 is 0 Å². The summed E-state index contributed by atoms with van der Waals surface area (Å²) < 4.78 is 8.10. The molecule has 5 nitrogen and oxygen atoms in total. The molecular weight excluding hydrogens is 433 g/mol. The fourth-order valence-corrected chi connectivity index (χ4v) is 5.26. The Morgan fingerprint density at radius 1 is 1.03 bits per heavy atom. The predicted octanol–water partition coefficient (Wildman–Crippen LogP) is 5.70. The summed E-state index contributed by atoms with van der Waals surface area (Å²) >= 11 is 12.1. The second-order valence-corrected chi connectivity index (χ2v) is 9.20. The predicted molar refractivity (Wildman–Crippen MR) is 122 cm³/mol. The summed E-state index contributed by atoms with van der Waals surface area (Å²) in [6.07, 6.45) is 1.89. The zero-order valence-electron chi connectivity index (χ0n) is 17.3. The Labute approximate surface area is 191 Å². The van der Waals surface area contributed by atoms with Gasteiger partial charge < -0.3 is 10.1 Å². The third-order valence-electron chi connectivity index (χ3n) is 6.30. The van der Waals surface area contributed by atoms with Gasteiger partial charge in [-0.25, -0.2) is 4.68 Å². The summed E-state index contributed by atoms with van der Waals surface area (Å²) in [4.78, 5) is 13.2. The van der Waals surface area contributed by atoms with E-state index in [0.29, 0.717) is 15.7 Å². The number of hydrogen-bond acceptors (Lipinski definition) is 3. The standard InChI is InChI=1S/C24H23Cl2N3O2/c1-13-11-14(2)29(28-13)17-6-3-15(4-7-17)22-20-9-10-21(31-20)23(22)24(30)27-16-5-8-18(25)19(26)12-16/h3-8,11-12,20-23H,9-10H2,1-2H3,(H,27,30). The first kappa shape index (κ1) is 20.6. The third kappa shape index (κ3) is 3.75. The molecule has 160 valence electrons. The van der Waals surface area contributed by atoms with Gasteiger partial charge in [-0.3, -0.25) is 4.79 Å². The highest BCUT2D eigenvalue weighted by atomic mass is 35.5. The van der Waals surface area contributed by atoms with Crippen molar-refractivity contribution >= 4 is 34.8 Å². The van der Waals surface area contributed by atoms with Crippen LogP contribution in [0.15, 0.2) is 48.5 Å². The lowest BCUT2D eigenvalue weighted by Gasteiger charge is -2.27. The Morgan fingerprint density at radius 2 is 1.77 bits per heavy atom. The number of amides is 1. The average molecular weight is 456 g/mol. The molecule has 4 unspecified atom stereocenters. The number of fused-ring (bicyclic) bond motifs is 2. The molecule has 7 heteroatoms. The molecule has 31 heavy (non-hydrogen) atoms. The molecule has 3 heterocycles. The molecule has 1 amide bonds. The summed E-state index contributed by atoms with van der Waals surface area (Å²) in [7, 11) is 0. The van der Waals surface area contributed by atoms with Crippen molar-refractivity contribution in [1.82, 2.24) is 9.78 Å². The van der Waals surface area contributed by atoms with Crippen LogP contribution in [0.4, 0.5) is 5.69 Å². The van der Waals surface area contributed by atoms with Crippen LogP contribution < -0.4 is 5.32 Å². The van der Waals surface area contributed by atoms with Crippen LogP contribution in [0.25, 0.3) is 5.69 Å². The van der Waals surface area contributed by atoms with Crippen LogP contribution in [0.1, 0.15) is 35.7 Å². The highest BCUT2D eigenvalue weighted by Gasteiger charge is 2.52. The maximum absolute atomic E-state index is 13.2. The van der Waals surface area contributed by atoms with Gasteiger partial charge in [-0.05, 0) is 68.7 Å². The largest absolute Gasteiger partial charge is 0.373 e. The Bertz CT molecular complexity index is 1140. The van der Waals surface area contributed by atoms with Crippen LogP contribution in [0.2, 0.25) is 10.0 Å². The second kappa shape index (κ2) is 7.97. The summed E-state index contributed by atoms with van der Waals surface area (Å²) in [5.41, 5.74) is 4.84. The van der Waals surface area contributed by atoms with E-state index in [1.807, 2.05) is 18.5 Å². The molecule has 1 aromatic heterocycles. The Morgan fingerprint density at radius 3 is 2.45 bits per heavy atom. The molecule has 2 aliphatic rings. The number of anilines is 1. The number of carbonyl (C=O) groups is 1. The minimum atomic E-state index is -0.243. The molecule has 2 saturated heterocycles. The van der Waals surface area contributed by atoms with Gasteiger partial charge in [-0.2, -0.15) is 5.10 Å². The molecular formula is C24H23Cl2N3O2. The molecule has 5 rings (SSSR count). The summed E-state index contributed by atoms with van der Waals surface area (Å²) in [5.74, 6) is -0.262. The molecule has 0 saturated carbocycles. The van der Waals surface area contributed by atoms with E-state index in [4.69, 9.17) is 27.9 Å². The smallest absolute Gasteiger partial charge is 0.230 e. The maximum atomic E-state index is 13.2. The molecule has 0 spiro atoms. The quantitative estimate of drug-likeness (QED) is 0.548. The van der Waals surface area contributed by atoms with E-state index in [9.17, 15) is 4.79 Å². The number of aryl methyl sites for hydroxylation is 2. The molecule has 1 N–H and O–H groups in total. The second-order valence-electron chi connectivity index (χ2n) is 8.39. The van der Waals surface area contributed by atoms with Crippen molar-refractivity contribution in [2.24, 2.45) is 5.92 Å². The van der Waals surface area contributed by atoms with Gasteiger partial charge >= 0.3 is 0 Å². The molecule has 0 radical (unpaired) electrons. The van der Waals surface area contributed by atoms with Gasteiger partial charge in [0.25, 0.3) is 0 Å². The van der Waals surface area contributed by atoms with Gasteiger partial charge in [0.1, 0.15) is 0 Å². The van der Waals surface area contributed by atoms with E-state index < -0.39 is 0 Å². The van der Waals surface area contributed by atoms with Crippen molar-refractivity contribution in [1.29, 1.82) is 0 Å². The number of carbonyl (C=O) groups excluding carboxylic acids is 1. The summed E-state index contributed by atoms with van der Waals surface area (Å²) in [5, 5.41) is 8.44. The van der Waals surface area contributed by atoms with E-state index in [1.54, 1.807) is 18.2 Å². The van der Waals surface area contributed by atoms with Gasteiger partial charge in [0, 0.05) is 17.3 Å². The molecule has 2 aromatic carbocycles. The first-order chi connectivity index (χ1) is 14.9. The number of ether oxygens (including phenoxy) is 1. The Balaban J connectivity index is 1.40. The van der Waals surface area contributed by atoms with Crippen LogP contribution in [0.5, 0.6) is 0 Å². The van der Waals surface area contributed by atoms with Crippen LogP contribution in [-0.4, -0.2) is 27.9 Å². The molecule has 2 aliphatic heterocycles. The van der Waals surface area contributed by atoms with Crippen LogP contribution in [0.3, 0.4) is 0 Å². The van der Waals surface area contributed by atoms with Gasteiger partial charge in [0.2, 0.25) is 5.91 Å². The number of hydrogen-bond donors (Lipinski definition) is 1. The van der Waals surface area contributed by atoms with Gasteiger partial charge in [0.15, 0.2) is 0 Å². The Kier molecular flexibility index (Phi) is 5.29. The van der Waals surface area contributed by atoms with E-state index in [2.05, 4.69) is 40.7 Å². The lowest BCUT2D eigenvalue weighted by atomic mass is 9.75. The molecule has 2 bridgehead atoms. The lowest BCUT2D eigenvalue weighted by molar-refractivity contribution is -0.121. The summed E-state index contributed by atoms with van der Waals surface area (Å²) in [6, 6.07) is 15.5. The number of benzene rings is 2. The SMILES string of the molecule is Cc1cc(C)n(-c2ccc(C3C4CCC(O4)C3C(=O)Nc3ccc(Cl)c(Cl)c3)cc2)n1. The highest BCUT2D eigenvalue weighted by Crippen LogP contribution is 2.49. The van der Waals surface area contributed by atoms with E-state index in [1.165, 1.54) is 0 Å². The normalized spacial score (nSPS) is 24.5. The number of nitrogens with zero attached hydrogens (tertiary/aromatic N) is 2. The van der Waals surface area contributed by atoms with Crippen molar-refractivity contribution in [3.8, 4) is 5.69 Å². The van der Waals surface area contributed by atoms with E-state index in [-0.39, 0.29) is 30.0 Å². The first-order valence-electron chi connectivity index (χ1n) is 10.5. The lowest BCUT2D eigenvalue weighted by Crippen LogP contribution is -2.36. The highest BCUT2D eigenvalue weighted by molar-refractivity contribution is 6.42. The minimum absolute atomic E-state index is 0.0241. The topological polar surface area (TPSA) is 56.1 Å². The van der Waals surface area contributed by atoms with Crippen molar-refractivity contribution in [3.63, 3.8) is 0 Å². The number of rotatable bonds is 4. The van der Waals surface area contributed by atoms with E-state index in [0.717, 1.165) is 35.5 Å². The summed E-state index contributed by atoms with van der Waals surface area (Å²) in [6.45, 7) is 4.03. The first-order valence-corrected chi connectivity index (χ1v) is 11.2. The third-order valence-corrected chi connectivity index (χ3v) is 7.03. The average Bonchev–Trinajstić information content (AvgIpc) is 3.45. The number of halogens is 2. The zero-order valence-corrected chi connectivity index (χ0v) is 18.8. The van der Waals surface area contributed by atoms with Crippen LogP contribution in [-0.2, 0) is 9.53 Å². The Hall–Kier alpha value is -2.34. The number of nitrogens with one attached hydrogen (secondary N) is 1. The number of aromatic nitrogens is 2. The van der Waals surface area contributed by atoms with Gasteiger partial charge in [-0.15, -0.1) is 0 Å². The fraction of sp³-hybridized carbons (Fsp3) is 0.333. The van der Waals surface area contributed by atoms with Crippen molar-refractivity contribution in [2.75, 3.05) is 5.32 Å². The molecule has 4 atom stereocenters. The van der Waals surface area contributed by atoms with Gasteiger partial charge in [-0.1, -0.05) is 35.3 Å². The molecule has 0 aliphatic carbocycles. The van der Waals surface area contributed by atoms with Crippen LogP contribution in [0, 0.1) is 19.8 Å².